The molecule has 1 N–H and O–H groups in total. The predicted molar refractivity (Wildman–Crippen MR) is 138 cm³/mol. The Morgan fingerprint density at radius 2 is 1.68 bits per heavy atom. The van der Waals surface area contributed by atoms with Crippen LogP contribution in [0.5, 0.6) is 0 Å². The van der Waals surface area contributed by atoms with E-state index in [0.29, 0.717) is 30.5 Å². The van der Waals surface area contributed by atoms with Crippen molar-refractivity contribution in [2.75, 3.05) is 0 Å². The first-order valence-corrected chi connectivity index (χ1v) is 13.9. The molecule has 0 saturated heterocycles. The van der Waals surface area contributed by atoms with E-state index in [4.69, 9.17) is 0 Å². The number of rotatable bonds is 6. The number of hydrogen-bond donors (Lipinski definition) is 1. The molecule has 4 rings (SSSR count). The fourth-order valence-corrected chi connectivity index (χ4v) is 9.30. The molecule has 4 aliphatic rings. The van der Waals surface area contributed by atoms with E-state index in [1.54, 1.807) is 11.1 Å². The quantitative estimate of drug-likeness (QED) is 0.402. The van der Waals surface area contributed by atoms with Crippen molar-refractivity contribution in [3.8, 4) is 0 Å². The molecule has 4 aliphatic carbocycles. The van der Waals surface area contributed by atoms with Gasteiger partial charge < -0.3 is 5.11 Å². The Hall–Kier alpha value is -1.38. The van der Waals surface area contributed by atoms with E-state index >= 15 is 0 Å². The Morgan fingerprint density at radius 1 is 1.00 bits per heavy atom. The van der Waals surface area contributed by atoms with Crippen molar-refractivity contribution >= 4 is 11.8 Å². The third kappa shape index (κ3) is 3.50. The maximum Gasteiger partial charge on any atom is 0.306 e. The summed E-state index contributed by atoms with van der Waals surface area (Å²) in [5.41, 5.74) is 4.47. The molecule has 2 fully saturated rings. The van der Waals surface area contributed by atoms with E-state index in [2.05, 4.69) is 55.0 Å². The highest BCUT2D eigenvalue weighted by molar-refractivity contribution is 5.85. The Kier molecular flexibility index (Phi) is 6.31. The van der Waals surface area contributed by atoms with Crippen molar-refractivity contribution in [1.82, 2.24) is 0 Å². The van der Waals surface area contributed by atoms with E-state index in [0.717, 1.165) is 51.4 Å². The number of fused-ring (bicyclic) bond motifs is 4. The lowest BCUT2D eigenvalue weighted by molar-refractivity contribution is -0.146. The van der Waals surface area contributed by atoms with E-state index in [1.165, 1.54) is 5.57 Å². The van der Waals surface area contributed by atoms with Crippen molar-refractivity contribution < 1.29 is 14.7 Å². The topological polar surface area (TPSA) is 54.4 Å². The van der Waals surface area contributed by atoms with Gasteiger partial charge >= 0.3 is 5.97 Å². The highest BCUT2D eigenvalue weighted by Crippen LogP contribution is 2.72. The summed E-state index contributed by atoms with van der Waals surface area (Å²) in [7, 11) is 0. The predicted octanol–water partition coefficient (Wildman–Crippen LogP) is 8.00. The normalized spacial score (nSPS) is 39.9. The molecule has 0 radical (unpaired) electrons. The van der Waals surface area contributed by atoms with Gasteiger partial charge in [-0.2, -0.15) is 0 Å². The van der Waals surface area contributed by atoms with Gasteiger partial charge in [-0.3, -0.25) is 9.59 Å². The highest BCUT2D eigenvalue weighted by atomic mass is 16.4. The second-order valence-corrected chi connectivity index (χ2v) is 13.8. The molecule has 0 aromatic heterocycles. The second-order valence-electron chi connectivity index (χ2n) is 13.8. The molecule has 2 saturated carbocycles. The zero-order valence-electron chi connectivity index (χ0n) is 22.9. The minimum Gasteiger partial charge on any atom is -0.481 e. The standard InChI is InChI=1S/C31H48O3/c1-19(2)20(3)9-10-21(27(33)34)22-13-17-31(8)24-11-12-25-28(4,5)26(32)15-16-29(25,6)23(24)14-18-30(22,31)7/h19,21-22,25H,3,9-18H2,1-2,4-8H3,(H,33,34)/t21-,22+,25-,29+,30+,31-/m0/s1. The molecule has 0 aromatic rings. The van der Waals surface area contributed by atoms with Crippen LogP contribution in [0.2, 0.25) is 0 Å². The van der Waals surface area contributed by atoms with Gasteiger partial charge in [-0.15, -0.1) is 0 Å². The average Bonchev–Trinajstić information content (AvgIpc) is 3.02. The van der Waals surface area contributed by atoms with Crippen LogP contribution in [0, 0.1) is 45.3 Å². The third-order valence-electron chi connectivity index (χ3n) is 12.0. The molecule has 0 unspecified atom stereocenters. The minimum atomic E-state index is -0.616. The summed E-state index contributed by atoms with van der Waals surface area (Å²) in [4.78, 5) is 25.4. The Morgan fingerprint density at radius 3 is 2.29 bits per heavy atom. The maximum atomic E-state index is 12.8. The summed E-state index contributed by atoms with van der Waals surface area (Å²) < 4.78 is 0. The van der Waals surface area contributed by atoms with Crippen LogP contribution in [0.1, 0.15) is 113 Å². The Labute approximate surface area is 207 Å². The van der Waals surface area contributed by atoms with Crippen molar-refractivity contribution in [2.45, 2.75) is 113 Å². The van der Waals surface area contributed by atoms with Crippen molar-refractivity contribution in [3.63, 3.8) is 0 Å². The smallest absolute Gasteiger partial charge is 0.306 e. The zero-order valence-corrected chi connectivity index (χ0v) is 22.9. The Balaban J connectivity index is 1.68. The lowest BCUT2D eigenvalue weighted by atomic mass is 9.43. The average molecular weight is 469 g/mol. The molecule has 34 heavy (non-hydrogen) atoms. The van der Waals surface area contributed by atoms with E-state index in [1.807, 2.05) is 0 Å². The van der Waals surface area contributed by atoms with E-state index in [9.17, 15) is 14.7 Å². The summed E-state index contributed by atoms with van der Waals surface area (Å²) in [5, 5.41) is 10.3. The fraction of sp³-hybridized carbons (Fsp3) is 0.806. The summed E-state index contributed by atoms with van der Waals surface area (Å²) in [6, 6.07) is 0. The number of hydrogen-bond acceptors (Lipinski definition) is 2. The molecule has 0 aromatic carbocycles. The molecule has 6 atom stereocenters. The number of aliphatic carboxylic acids is 1. The first kappa shape index (κ1) is 25.7. The third-order valence-corrected chi connectivity index (χ3v) is 12.0. The number of Topliss-reactive ketones (excluding diaryl/α,β-unsaturated/α-hetero) is 1. The van der Waals surface area contributed by atoms with Crippen molar-refractivity contribution in [2.24, 2.45) is 45.3 Å². The van der Waals surface area contributed by atoms with Crippen LogP contribution in [0.15, 0.2) is 23.3 Å². The van der Waals surface area contributed by atoms with Gasteiger partial charge in [0.15, 0.2) is 0 Å². The molecule has 0 aliphatic heterocycles. The Bertz CT molecular complexity index is 923. The van der Waals surface area contributed by atoms with Gasteiger partial charge in [0.05, 0.1) is 5.92 Å². The molecule has 0 heterocycles. The van der Waals surface area contributed by atoms with E-state index in [-0.39, 0.29) is 33.5 Å². The number of carbonyl (C=O) groups is 2. The van der Waals surface area contributed by atoms with Crippen molar-refractivity contribution in [3.05, 3.63) is 23.3 Å². The van der Waals surface area contributed by atoms with Gasteiger partial charge in [0, 0.05) is 11.8 Å². The lowest BCUT2D eigenvalue weighted by Crippen LogP contribution is -2.54. The van der Waals surface area contributed by atoms with E-state index < -0.39 is 5.97 Å². The first-order chi connectivity index (χ1) is 15.7. The van der Waals surface area contributed by atoms with Gasteiger partial charge in [-0.1, -0.05) is 71.8 Å². The highest BCUT2D eigenvalue weighted by Gasteiger charge is 2.64. The van der Waals surface area contributed by atoms with Crippen molar-refractivity contribution in [1.29, 1.82) is 0 Å². The fourth-order valence-electron chi connectivity index (χ4n) is 9.30. The molecule has 0 amide bonds. The SMILES string of the molecule is C=C(CC[C@H](C(=O)O)[C@H]1CC[C@@]2(C)C3=C(CC[C@]12C)[C@@]1(C)CCC(=O)C(C)(C)[C@@H]1CC3)C(C)C. The molecule has 190 valence electrons. The zero-order chi connectivity index (χ0) is 25.3. The number of carbonyl (C=O) groups excluding carboxylic acids is 1. The minimum absolute atomic E-state index is 0.0251. The largest absolute Gasteiger partial charge is 0.481 e. The molecule has 0 spiro atoms. The van der Waals surface area contributed by atoms with Crippen LogP contribution < -0.4 is 0 Å². The van der Waals surface area contributed by atoms with Gasteiger partial charge in [0.25, 0.3) is 0 Å². The van der Waals surface area contributed by atoms with Crippen LogP contribution in [0.3, 0.4) is 0 Å². The number of allylic oxidation sites excluding steroid dienone is 3. The first-order valence-electron chi connectivity index (χ1n) is 13.9. The van der Waals surface area contributed by atoms with Crippen LogP contribution in [0.4, 0.5) is 0 Å². The number of carboxylic acids is 1. The summed E-state index contributed by atoms with van der Waals surface area (Å²) in [6.07, 6.45) is 9.69. The molecular formula is C31H48O3. The number of carboxylic acid groups (broad SMARTS) is 1. The molecule has 0 bridgehead atoms. The second kappa shape index (κ2) is 8.34. The summed E-state index contributed by atoms with van der Waals surface area (Å²) >= 11 is 0. The monoisotopic (exact) mass is 468 g/mol. The van der Waals surface area contributed by atoms with Gasteiger partial charge in [-0.05, 0) is 91.8 Å². The van der Waals surface area contributed by atoms with Crippen LogP contribution in [-0.4, -0.2) is 16.9 Å². The van der Waals surface area contributed by atoms with Crippen LogP contribution in [-0.2, 0) is 9.59 Å². The van der Waals surface area contributed by atoms with Crippen LogP contribution in [0.25, 0.3) is 0 Å². The summed E-state index contributed by atoms with van der Waals surface area (Å²) in [5.74, 6) is 0.596. The van der Waals surface area contributed by atoms with Gasteiger partial charge in [0.2, 0.25) is 0 Å². The lowest BCUT2D eigenvalue weighted by Gasteiger charge is -2.60. The molecular weight excluding hydrogens is 420 g/mol. The van der Waals surface area contributed by atoms with Gasteiger partial charge in [-0.25, -0.2) is 0 Å². The number of ketones is 1. The van der Waals surface area contributed by atoms with Crippen LogP contribution >= 0.6 is 0 Å². The molecule has 3 heteroatoms. The molecule has 3 nitrogen and oxygen atoms in total. The maximum absolute atomic E-state index is 12.8. The van der Waals surface area contributed by atoms with Gasteiger partial charge in [0.1, 0.15) is 5.78 Å². The summed E-state index contributed by atoms with van der Waals surface area (Å²) in [6.45, 7) is 20.2.